The molecular formula is C4H8BrNO2. The van der Waals surface area contributed by atoms with Gasteiger partial charge in [-0.1, -0.05) is 15.9 Å². The Bertz CT molecular complexity index is 76.4. The second-order valence-corrected chi connectivity index (χ2v) is 1.91. The Labute approximate surface area is 56.3 Å². The molecule has 0 heterocycles. The molecule has 0 aromatic carbocycles. The normalized spacial score (nSPS) is 8.75. The first-order valence-electron chi connectivity index (χ1n) is 2.23. The number of alkyl halides is 1. The van der Waals surface area contributed by atoms with Gasteiger partial charge in [0.2, 0.25) is 0 Å². The molecule has 0 aromatic rings. The van der Waals surface area contributed by atoms with E-state index in [1.54, 1.807) is 0 Å². The predicted molar refractivity (Wildman–Crippen MR) is 33.8 cm³/mol. The van der Waals surface area contributed by atoms with Crippen molar-refractivity contribution >= 4 is 21.9 Å². The van der Waals surface area contributed by atoms with Crippen LogP contribution in [0.4, 0.5) is 0 Å². The van der Waals surface area contributed by atoms with Crippen LogP contribution in [0.25, 0.3) is 0 Å². The Balaban J connectivity index is 2.99. The number of carbonyl (C=O) groups excluding carboxylic acids is 1. The summed E-state index contributed by atoms with van der Waals surface area (Å²) in [4.78, 5) is 10.2. The van der Waals surface area contributed by atoms with Gasteiger partial charge in [-0.05, 0) is 0 Å². The lowest BCUT2D eigenvalue weighted by atomic mass is 10.7. The Morgan fingerprint density at radius 1 is 1.75 bits per heavy atom. The summed E-state index contributed by atoms with van der Waals surface area (Å²) in [6.45, 7) is 0.364. The smallest absolute Gasteiger partial charge is 0.319 e. The fourth-order valence-corrected chi connectivity index (χ4v) is 0.373. The van der Waals surface area contributed by atoms with Crippen molar-refractivity contribution in [2.24, 2.45) is 5.73 Å². The molecule has 0 unspecified atom stereocenters. The first-order chi connectivity index (χ1) is 3.81. The molecule has 2 N–H and O–H groups in total. The number of carbonyl (C=O) groups is 1. The van der Waals surface area contributed by atoms with Gasteiger partial charge in [0.15, 0.2) is 0 Å². The molecule has 4 heteroatoms. The highest BCUT2D eigenvalue weighted by atomic mass is 79.9. The summed E-state index contributed by atoms with van der Waals surface area (Å²) in [6, 6.07) is 0. The summed E-state index contributed by atoms with van der Waals surface area (Å²) in [7, 11) is 0. The molecule has 0 saturated carbocycles. The van der Waals surface area contributed by atoms with Crippen molar-refractivity contribution in [1.82, 2.24) is 0 Å². The fraction of sp³-hybridized carbons (Fsp3) is 0.750. The first-order valence-corrected chi connectivity index (χ1v) is 3.35. The Hall–Kier alpha value is -0.0900. The summed E-state index contributed by atoms with van der Waals surface area (Å²) >= 11 is 3.09. The molecule has 0 saturated heterocycles. The van der Waals surface area contributed by atoms with Gasteiger partial charge in [-0.3, -0.25) is 4.79 Å². The van der Waals surface area contributed by atoms with Gasteiger partial charge in [0, 0.05) is 5.33 Å². The van der Waals surface area contributed by atoms with E-state index in [1.807, 2.05) is 0 Å². The molecule has 0 aromatic heterocycles. The number of nitrogens with two attached hydrogens (primary N) is 1. The Kier molecular flexibility index (Phi) is 5.00. The monoisotopic (exact) mass is 181 g/mol. The van der Waals surface area contributed by atoms with E-state index in [1.165, 1.54) is 0 Å². The van der Waals surface area contributed by atoms with Gasteiger partial charge < -0.3 is 10.5 Å². The maximum atomic E-state index is 10.2. The lowest BCUT2D eigenvalue weighted by Gasteiger charge is -1.96. The third-order valence-corrected chi connectivity index (χ3v) is 0.831. The SMILES string of the molecule is NCC(=O)OCCBr. The van der Waals surface area contributed by atoms with Crippen LogP contribution in [0.15, 0.2) is 0 Å². The van der Waals surface area contributed by atoms with E-state index in [-0.39, 0.29) is 12.5 Å². The molecule has 0 spiro atoms. The van der Waals surface area contributed by atoms with Gasteiger partial charge in [0.05, 0.1) is 6.54 Å². The second-order valence-electron chi connectivity index (χ2n) is 1.11. The fourth-order valence-electron chi connectivity index (χ4n) is 0.211. The van der Waals surface area contributed by atoms with Gasteiger partial charge in [-0.15, -0.1) is 0 Å². The molecule has 0 atom stereocenters. The molecule has 0 radical (unpaired) electrons. The van der Waals surface area contributed by atoms with E-state index in [2.05, 4.69) is 20.7 Å². The lowest BCUT2D eigenvalue weighted by molar-refractivity contribution is -0.141. The molecular weight excluding hydrogens is 174 g/mol. The van der Waals surface area contributed by atoms with Crippen molar-refractivity contribution < 1.29 is 9.53 Å². The highest BCUT2D eigenvalue weighted by Gasteiger charge is 1.94. The van der Waals surface area contributed by atoms with Crippen LogP contribution < -0.4 is 5.73 Å². The first kappa shape index (κ1) is 7.91. The van der Waals surface area contributed by atoms with E-state index in [4.69, 9.17) is 5.73 Å². The quantitative estimate of drug-likeness (QED) is 0.489. The third-order valence-electron chi connectivity index (χ3n) is 0.507. The number of halogens is 1. The van der Waals surface area contributed by atoms with Gasteiger partial charge in [-0.2, -0.15) is 0 Å². The van der Waals surface area contributed by atoms with Gasteiger partial charge in [-0.25, -0.2) is 0 Å². The summed E-state index contributed by atoms with van der Waals surface area (Å²) in [5.41, 5.74) is 4.92. The average Bonchev–Trinajstić information content (AvgIpc) is 1.83. The standard InChI is InChI=1S/C4H8BrNO2/c5-1-2-8-4(7)3-6/h1-3,6H2. The molecule has 3 nitrogen and oxygen atoms in total. The van der Waals surface area contributed by atoms with Gasteiger partial charge in [0.1, 0.15) is 6.61 Å². The van der Waals surface area contributed by atoms with Crippen LogP contribution in [0, 0.1) is 0 Å². The Morgan fingerprint density at radius 3 is 2.75 bits per heavy atom. The molecule has 0 aliphatic heterocycles. The summed E-state index contributed by atoms with van der Waals surface area (Å²) < 4.78 is 4.53. The lowest BCUT2D eigenvalue weighted by Crippen LogP contribution is -2.17. The average molecular weight is 182 g/mol. The maximum absolute atomic E-state index is 10.2. The van der Waals surface area contributed by atoms with Gasteiger partial charge >= 0.3 is 5.97 Å². The van der Waals surface area contributed by atoms with Crippen LogP contribution >= 0.6 is 15.9 Å². The second kappa shape index (κ2) is 5.05. The zero-order valence-electron chi connectivity index (χ0n) is 4.39. The van der Waals surface area contributed by atoms with Crippen molar-refractivity contribution in [1.29, 1.82) is 0 Å². The highest BCUT2D eigenvalue weighted by molar-refractivity contribution is 9.09. The van der Waals surface area contributed by atoms with Crippen molar-refractivity contribution in [2.75, 3.05) is 18.5 Å². The number of ether oxygens (including phenoxy) is 1. The molecule has 0 aliphatic carbocycles. The summed E-state index contributed by atoms with van der Waals surface area (Å²) in [5, 5.41) is 0.665. The highest BCUT2D eigenvalue weighted by Crippen LogP contribution is 1.80. The van der Waals surface area contributed by atoms with Crippen LogP contribution in [0.1, 0.15) is 0 Å². The zero-order chi connectivity index (χ0) is 6.41. The number of rotatable bonds is 3. The molecule has 0 aliphatic rings. The number of hydrogen-bond acceptors (Lipinski definition) is 3. The van der Waals surface area contributed by atoms with E-state index in [0.717, 1.165) is 0 Å². The molecule has 0 bridgehead atoms. The van der Waals surface area contributed by atoms with Crippen molar-refractivity contribution in [3.05, 3.63) is 0 Å². The van der Waals surface area contributed by atoms with Crippen LogP contribution in [0.5, 0.6) is 0 Å². The summed E-state index contributed by atoms with van der Waals surface area (Å²) in [6.07, 6.45) is 0. The van der Waals surface area contributed by atoms with Crippen LogP contribution in [0.3, 0.4) is 0 Å². The number of esters is 1. The third kappa shape index (κ3) is 4.08. The predicted octanol–water partition coefficient (Wildman–Crippen LogP) is -0.117. The number of hydrogen-bond donors (Lipinski definition) is 1. The molecule has 0 fully saturated rings. The zero-order valence-corrected chi connectivity index (χ0v) is 5.98. The van der Waals surface area contributed by atoms with E-state index in [0.29, 0.717) is 11.9 Å². The minimum Gasteiger partial charge on any atom is -0.464 e. The summed E-state index contributed by atoms with van der Waals surface area (Å²) in [5.74, 6) is -0.357. The van der Waals surface area contributed by atoms with E-state index < -0.39 is 0 Å². The maximum Gasteiger partial charge on any atom is 0.319 e. The van der Waals surface area contributed by atoms with Crippen molar-refractivity contribution in [3.63, 3.8) is 0 Å². The van der Waals surface area contributed by atoms with Crippen molar-refractivity contribution in [3.8, 4) is 0 Å². The molecule has 0 rings (SSSR count). The van der Waals surface area contributed by atoms with Crippen molar-refractivity contribution in [2.45, 2.75) is 0 Å². The van der Waals surface area contributed by atoms with Gasteiger partial charge in [0.25, 0.3) is 0 Å². The Morgan fingerprint density at radius 2 is 2.38 bits per heavy atom. The van der Waals surface area contributed by atoms with E-state index >= 15 is 0 Å². The largest absolute Gasteiger partial charge is 0.464 e. The van der Waals surface area contributed by atoms with E-state index in [9.17, 15) is 4.79 Å². The minimum atomic E-state index is -0.357. The van der Waals surface area contributed by atoms with Crippen LogP contribution in [-0.4, -0.2) is 24.5 Å². The topological polar surface area (TPSA) is 52.3 Å². The molecule has 48 valence electrons. The molecule has 8 heavy (non-hydrogen) atoms. The van der Waals surface area contributed by atoms with Crippen LogP contribution in [0.2, 0.25) is 0 Å². The minimum absolute atomic E-state index is 0.0347. The molecule has 0 amide bonds. The van der Waals surface area contributed by atoms with Crippen LogP contribution in [-0.2, 0) is 9.53 Å².